The predicted octanol–water partition coefficient (Wildman–Crippen LogP) is 12.0. The molecule has 0 saturated heterocycles. The first-order chi connectivity index (χ1) is 15.5. The quantitative estimate of drug-likeness (QED) is 0.128. The van der Waals surface area contributed by atoms with E-state index in [2.05, 4.69) is 48.5 Å². The van der Waals surface area contributed by atoms with Gasteiger partial charge in [0.1, 0.15) is 0 Å². The van der Waals surface area contributed by atoms with Gasteiger partial charge in [-0.1, -0.05) is 170 Å². The van der Waals surface area contributed by atoms with Crippen LogP contribution < -0.4 is 0 Å². The van der Waals surface area contributed by atoms with Crippen LogP contribution in [0.2, 0.25) is 0 Å². The first kappa shape index (κ1) is 32.0. The minimum atomic E-state index is 0.826. The first-order valence-electron chi connectivity index (χ1n) is 15.5. The second-order valence-electron chi connectivity index (χ2n) is 11.7. The highest BCUT2D eigenvalue weighted by Crippen LogP contribution is 2.38. The molecule has 0 saturated carbocycles. The Morgan fingerprint density at radius 3 is 1.44 bits per heavy atom. The second kappa shape index (κ2) is 22.8. The van der Waals surface area contributed by atoms with Gasteiger partial charge in [0.05, 0.1) is 0 Å². The average molecular weight is 451 g/mol. The maximum Gasteiger partial charge on any atom is -0.0358 e. The fourth-order valence-electron chi connectivity index (χ4n) is 5.94. The van der Waals surface area contributed by atoms with Gasteiger partial charge in [-0.05, 0) is 36.0 Å². The van der Waals surface area contributed by atoms with E-state index < -0.39 is 0 Å². The molecule has 0 aliphatic carbocycles. The third-order valence-electron chi connectivity index (χ3n) is 8.51. The highest BCUT2D eigenvalue weighted by molar-refractivity contribution is 4.78. The highest BCUT2D eigenvalue weighted by atomic mass is 14.3. The second-order valence-corrected chi connectivity index (χ2v) is 11.7. The molecule has 32 heavy (non-hydrogen) atoms. The molecule has 0 aromatic rings. The Labute approximate surface area is 206 Å². The molecule has 0 heteroatoms. The van der Waals surface area contributed by atoms with E-state index in [1.54, 1.807) is 0 Å². The topological polar surface area (TPSA) is 0 Å². The van der Waals surface area contributed by atoms with E-state index >= 15 is 0 Å². The third-order valence-corrected chi connectivity index (χ3v) is 8.51. The van der Waals surface area contributed by atoms with Gasteiger partial charge in [-0.15, -0.1) is 0 Å². The van der Waals surface area contributed by atoms with Crippen LogP contribution in [0.15, 0.2) is 0 Å². The zero-order valence-electron chi connectivity index (χ0n) is 24.0. The van der Waals surface area contributed by atoms with Gasteiger partial charge < -0.3 is 0 Å². The third kappa shape index (κ3) is 16.6. The van der Waals surface area contributed by atoms with Crippen LogP contribution in [0, 0.1) is 29.6 Å². The maximum atomic E-state index is 2.59. The van der Waals surface area contributed by atoms with Crippen LogP contribution in [-0.2, 0) is 0 Å². The molecule has 0 heterocycles. The monoisotopic (exact) mass is 451 g/mol. The maximum absolute atomic E-state index is 2.59. The van der Waals surface area contributed by atoms with Gasteiger partial charge in [0, 0.05) is 0 Å². The molecule has 0 aliphatic heterocycles. The van der Waals surface area contributed by atoms with Crippen molar-refractivity contribution in [2.75, 3.05) is 0 Å². The summed E-state index contributed by atoms with van der Waals surface area (Å²) in [6.07, 6.45) is 29.0. The summed E-state index contributed by atoms with van der Waals surface area (Å²) in [4.78, 5) is 0. The van der Waals surface area contributed by atoms with Gasteiger partial charge in [-0.2, -0.15) is 0 Å². The van der Waals surface area contributed by atoms with E-state index in [0.717, 1.165) is 29.6 Å². The molecule has 0 N–H and O–H groups in total. The summed E-state index contributed by atoms with van der Waals surface area (Å²) in [5, 5.41) is 0. The van der Waals surface area contributed by atoms with Crippen molar-refractivity contribution < 1.29 is 0 Å². The van der Waals surface area contributed by atoms with Gasteiger partial charge in [0.25, 0.3) is 0 Å². The van der Waals surface area contributed by atoms with Crippen molar-refractivity contribution in [3.05, 3.63) is 0 Å². The normalized spacial score (nSPS) is 15.8. The summed E-state index contributed by atoms with van der Waals surface area (Å²) in [5.41, 5.74) is 0. The Morgan fingerprint density at radius 2 is 0.906 bits per heavy atom. The lowest BCUT2D eigenvalue weighted by Crippen LogP contribution is -2.26. The average Bonchev–Trinajstić information content (AvgIpc) is 2.78. The van der Waals surface area contributed by atoms with Gasteiger partial charge >= 0.3 is 0 Å². The lowest BCUT2D eigenvalue weighted by Gasteiger charge is -2.35. The van der Waals surface area contributed by atoms with Crippen LogP contribution in [0.25, 0.3) is 0 Å². The van der Waals surface area contributed by atoms with E-state index in [9.17, 15) is 0 Å². The molecule has 194 valence electrons. The van der Waals surface area contributed by atoms with E-state index in [0.29, 0.717) is 0 Å². The van der Waals surface area contributed by atoms with Gasteiger partial charge in [-0.3, -0.25) is 0 Å². The van der Waals surface area contributed by atoms with Crippen molar-refractivity contribution in [2.45, 2.75) is 177 Å². The van der Waals surface area contributed by atoms with Crippen molar-refractivity contribution in [2.24, 2.45) is 29.6 Å². The summed E-state index contributed by atoms with van der Waals surface area (Å²) < 4.78 is 0. The van der Waals surface area contributed by atoms with Crippen molar-refractivity contribution in [1.29, 1.82) is 0 Å². The number of hydrogen-bond acceptors (Lipinski definition) is 0. The Bertz CT molecular complexity index is 357. The zero-order chi connectivity index (χ0) is 24.0. The van der Waals surface area contributed by atoms with E-state index in [1.807, 2.05) is 0 Å². The van der Waals surface area contributed by atoms with Crippen LogP contribution in [0.3, 0.4) is 0 Å². The van der Waals surface area contributed by atoms with Crippen LogP contribution in [0.1, 0.15) is 177 Å². The van der Waals surface area contributed by atoms with Crippen molar-refractivity contribution >= 4 is 0 Å². The van der Waals surface area contributed by atoms with Crippen molar-refractivity contribution in [3.63, 3.8) is 0 Å². The molecule has 0 aromatic carbocycles. The molecule has 0 aliphatic rings. The molecule has 4 atom stereocenters. The fraction of sp³-hybridized carbons (Fsp3) is 1.00. The van der Waals surface area contributed by atoms with Gasteiger partial charge in [0.15, 0.2) is 0 Å². The molecule has 0 radical (unpaired) electrons. The van der Waals surface area contributed by atoms with Gasteiger partial charge in [-0.25, -0.2) is 0 Å². The van der Waals surface area contributed by atoms with Crippen LogP contribution in [-0.4, -0.2) is 0 Å². The minimum Gasteiger partial charge on any atom is -0.0654 e. The number of rotatable bonds is 24. The molecular formula is C32H66. The molecule has 0 rings (SSSR count). The molecule has 4 unspecified atom stereocenters. The van der Waals surface area contributed by atoms with Crippen LogP contribution >= 0.6 is 0 Å². The van der Waals surface area contributed by atoms with Crippen molar-refractivity contribution in [1.82, 2.24) is 0 Å². The van der Waals surface area contributed by atoms with Crippen LogP contribution in [0.4, 0.5) is 0 Å². The summed E-state index contributed by atoms with van der Waals surface area (Å²) >= 11 is 0. The Balaban J connectivity index is 4.88. The minimum absolute atomic E-state index is 0.826. The SMILES string of the molecule is CCCCCCCCC(CCC)C(CCC(CCCC)CCCCCCC)C(C)C(C)C. The molecule has 0 spiro atoms. The van der Waals surface area contributed by atoms with Crippen LogP contribution in [0.5, 0.6) is 0 Å². The smallest absolute Gasteiger partial charge is 0.0358 e. The molecule has 0 fully saturated rings. The number of unbranched alkanes of at least 4 members (excludes halogenated alkanes) is 10. The lowest BCUT2D eigenvalue weighted by atomic mass is 9.70. The Morgan fingerprint density at radius 1 is 0.406 bits per heavy atom. The molecule has 0 amide bonds. The highest BCUT2D eigenvalue weighted by Gasteiger charge is 2.28. The first-order valence-corrected chi connectivity index (χ1v) is 15.5. The molecule has 0 bridgehead atoms. The lowest BCUT2D eigenvalue weighted by molar-refractivity contribution is 0.147. The summed E-state index contributed by atoms with van der Waals surface area (Å²) in [5.74, 6) is 4.62. The molecule has 0 nitrogen and oxygen atoms in total. The van der Waals surface area contributed by atoms with E-state index in [-0.39, 0.29) is 0 Å². The Kier molecular flexibility index (Phi) is 22.8. The van der Waals surface area contributed by atoms with Gasteiger partial charge in [0.2, 0.25) is 0 Å². The Hall–Kier alpha value is 0. The van der Waals surface area contributed by atoms with E-state index in [4.69, 9.17) is 0 Å². The summed E-state index contributed by atoms with van der Waals surface area (Å²) in [7, 11) is 0. The summed E-state index contributed by atoms with van der Waals surface area (Å²) in [6.45, 7) is 17.0. The fourth-order valence-corrected chi connectivity index (χ4v) is 5.94. The molecule has 0 aromatic heterocycles. The van der Waals surface area contributed by atoms with Crippen molar-refractivity contribution in [3.8, 4) is 0 Å². The zero-order valence-corrected chi connectivity index (χ0v) is 24.0. The largest absolute Gasteiger partial charge is 0.0654 e. The predicted molar refractivity (Wildman–Crippen MR) is 150 cm³/mol. The number of hydrogen-bond donors (Lipinski definition) is 0. The standard InChI is InChI=1S/C32H66/c1-8-12-15-17-19-21-25-31(22-11-4)32(29(7)28(5)6)27-26-30(23-14-10-3)24-20-18-16-13-9-2/h28-32H,8-27H2,1-7H3. The molecular weight excluding hydrogens is 384 g/mol. The van der Waals surface area contributed by atoms with E-state index in [1.165, 1.54) is 128 Å². The summed E-state index contributed by atoms with van der Waals surface area (Å²) in [6, 6.07) is 0.